The Morgan fingerprint density at radius 1 is 1.21 bits per heavy atom. The number of benzene rings is 1. The first-order valence-electron chi connectivity index (χ1n) is 7.34. The minimum Gasteiger partial charge on any atom is -0.314 e. The molecule has 0 spiro atoms. The summed E-state index contributed by atoms with van der Waals surface area (Å²) in [7, 11) is 0. The molecule has 1 saturated heterocycles. The lowest BCUT2D eigenvalue weighted by atomic mass is 9.98. The van der Waals surface area contributed by atoms with Crippen molar-refractivity contribution in [1.82, 2.24) is 10.2 Å². The molecule has 1 heterocycles. The molecular formula is C16H24N2O. The summed E-state index contributed by atoms with van der Waals surface area (Å²) in [6.07, 6.45) is 1.90. The van der Waals surface area contributed by atoms with Gasteiger partial charge in [-0.25, -0.2) is 0 Å². The monoisotopic (exact) mass is 260 g/mol. The minimum absolute atomic E-state index is 0.0366. The number of hydrogen-bond donors (Lipinski definition) is 1. The Hall–Kier alpha value is -1.19. The number of rotatable bonds is 5. The number of carbonyl (C=O) groups excluding carboxylic acids is 1. The van der Waals surface area contributed by atoms with Crippen molar-refractivity contribution >= 4 is 5.78 Å². The fourth-order valence-corrected chi connectivity index (χ4v) is 2.70. The molecule has 1 aliphatic heterocycles. The van der Waals surface area contributed by atoms with E-state index in [0.717, 1.165) is 44.6 Å². The number of piperazine rings is 1. The molecule has 1 aromatic rings. The lowest BCUT2D eigenvalue weighted by molar-refractivity contribution is 0.0790. The van der Waals surface area contributed by atoms with E-state index in [1.807, 2.05) is 12.1 Å². The van der Waals surface area contributed by atoms with Crippen LogP contribution in [-0.4, -0.2) is 42.9 Å². The summed E-state index contributed by atoms with van der Waals surface area (Å²) >= 11 is 0. The van der Waals surface area contributed by atoms with Crippen molar-refractivity contribution in [1.29, 1.82) is 0 Å². The van der Waals surface area contributed by atoms with Crippen LogP contribution < -0.4 is 5.32 Å². The summed E-state index contributed by atoms with van der Waals surface area (Å²) in [6, 6.07) is 8.13. The van der Waals surface area contributed by atoms with E-state index >= 15 is 0 Å². The minimum atomic E-state index is 0.0366. The highest BCUT2D eigenvalue weighted by molar-refractivity contribution is 6.00. The van der Waals surface area contributed by atoms with E-state index in [9.17, 15) is 4.79 Å². The standard InChI is InChI=1S/C16H24N2O/c1-3-13-5-7-14(8-6-13)16(19)15(4-2)18-11-9-17-10-12-18/h5-8,15,17H,3-4,9-12H2,1-2H3. The maximum Gasteiger partial charge on any atom is 0.179 e. The molecule has 3 heteroatoms. The third kappa shape index (κ3) is 3.43. The summed E-state index contributed by atoms with van der Waals surface area (Å²) in [5.41, 5.74) is 2.13. The Kier molecular flexibility index (Phi) is 5.11. The predicted molar refractivity (Wildman–Crippen MR) is 78.7 cm³/mol. The van der Waals surface area contributed by atoms with Gasteiger partial charge in [-0.05, 0) is 18.4 Å². The van der Waals surface area contributed by atoms with Crippen molar-refractivity contribution in [3.63, 3.8) is 0 Å². The summed E-state index contributed by atoms with van der Waals surface area (Å²) in [6.45, 7) is 8.14. The van der Waals surface area contributed by atoms with Gasteiger partial charge in [0, 0.05) is 31.7 Å². The van der Waals surface area contributed by atoms with Crippen LogP contribution in [0.15, 0.2) is 24.3 Å². The van der Waals surface area contributed by atoms with Gasteiger partial charge >= 0.3 is 0 Å². The highest BCUT2D eigenvalue weighted by Gasteiger charge is 2.26. The normalized spacial score (nSPS) is 18.2. The lowest BCUT2D eigenvalue weighted by Gasteiger charge is -2.33. The molecule has 0 aliphatic carbocycles. The summed E-state index contributed by atoms with van der Waals surface area (Å²) in [4.78, 5) is 14.9. The van der Waals surface area contributed by atoms with Gasteiger partial charge in [0.1, 0.15) is 0 Å². The molecule has 0 radical (unpaired) electrons. The Morgan fingerprint density at radius 2 is 1.84 bits per heavy atom. The molecule has 1 N–H and O–H groups in total. The van der Waals surface area contributed by atoms with Crippen molar-refractivity contribution < 1.29 is 4.79 Å². The molecule has 0 bridgehead atoms. The fourth-order valence-electron chi connectivity index (χ4n) is 2.70. The zero-order valence-electron chi connectivity index (χ0n) is 12.0. The Bertz CT molecular complexity index is 407. The van der Waals surface area contributed by atoms with Crippen molar-refractivity contribution in [2.45, 2.75) is 32.7 Å². The summed E-state index contributed by atoms with van der Waals surface area (Å²) in [5.74, 6) is 0.270. The maximum atomic E-state index is 12.6. The Labute approximate surface area is 116 Å². The number of Topliss-reactive ketones (excluding diaryl/α,β-unsaturated/α-hetero) is 1. The average molecular weight is 260 g/mol. The molecule has 19 heavy (non-hydrogen) atoms. The van der Waals surface area contributed by atoms with Crippen LogP contribution in [0.5, 0.6) is 0 Å². The van der Waals surface area contributed by atoms with Crippen molar-refractivity contribution in [2.24, 2.45) is 0 Å². The van der Waals surface area contributed by atoms with Crippen LogP contribution in [-0.2, 0) is 6.42 Å². The molecule has 1 unspecified atom stereocenters. The number of aryl methyl sites for hydroxylation is 1. The third-order valence-corrected chi connectivity index (χ3v) is 3.93. The SMILES string of the molecule is CCc1ccc(C(=O)C(CC)N2CCNCC2)cc1. The molecular weight excluding hydrogens is 236 g/mol. The number of ketones is 1. The Morgan fingerprint density at radius 3 is 2.37 bits per heavy atom. The first-order chi connectivity index (χ1) is 9.26. The van der Waals surface area contributed by atoms with Crippen LogP contribution in [0.4, 0.5) is 0 Å². The first kappa shape index (κ1) is 14.2. The van der Waals surface area contributed by atoms with E-state index in [-0.39, 0.29) is 11.8 Å². The molecule has 0 aromatic heterocycles. The van der Waals surface area contributed by atoms with E-state index in [2.05, 4.69) is 36.2 Å². The van der Waals surface area contributed by atoms with Crippen molar-refractivity contribution in [3.8, 4) is 0 Å². The summed E-state index contributed by atoms with van der Waals surface area (Å²) in [5, 5.41) is 3.33. The van der Waals surface area contributed by atoms with Crippen LogP contribution in [0, 0.1) is 0 Å². The number of nitrogens with zero attached hydrogens (tertiary/aromatic N) is 1. The van der Waals surface area contributed by atoms with Crippen molar-refractivity contribution in [3.05, 3.63) is 35.4 Å². The molecule has 1 atom stereocenters. The van der Waals surface area contributed by atoms with Gasteiger partial charge in [-0.15, -0.1) is 0 Å². The van der Waals surface area contributed by atoms with Crippen molar-refractivity contribution in [2.75, 3.05) is 26.2 Å². The fraction of sp³-hybridized carbons (Fsp3) is 0.562. The van der Waals surface area contributed by atoms with Gasteiger partial charge in [-0.2, -0.15) is 0 Å². The van der Waals surface area contributed by atoms with Crippen LogP contribution in [0.2, 0.25) is 0 Å². The molecule has 3 nitrogen and oxygen atoms in total. The third-order valence-electron chi connectivity index (χ3n) is 3.93. The molecule has 2 rings (SSSR count). The van der Waals surface area contributed by atoms with Gasteiger partial charge in [-0.3, -0.25) is 9.69 Å². The molecule has 1 aliphatic rings. The molecule has 0 saturated carbocycles. The second-order valence-corrected chi connectivity index (χ2v) is 5.12. The largest absolute Gasteiger partial charge is 0.314 e. The smallest absolute Gasteiger partial charge is 0.179 e. The topological polar surface area (TPSA) is 32.3 Å². The zero-order valence-corrected chi connectivity index (χ0v) is 12.0. The van der Waals surface area contributed by atoms with Gasteiger partial charge in [0.05, 0.1) is 6.04 Å². The number of carbonyl (C=O) groups is 1. The summed E-state index contributed by atoms with van der Waals surface area (Å²) < 4.78 is 0. The molecule has 1 fully saturated rings. The lowest BCUT2D eigenvalue weighted by Crippen LogP contribution is -2.51. The number of hydrogen-bond acceptors (Lipinski definition) is 3. The Balaban J connectivity index is 2.10. The average Bonchev–Trinajstić information content (AvgIpc) is 2.49. The quantitative estimate of drug-likeness (QED) is 0.823. The highest BCUT2D eigenvalue weighted by Crippen LogP contribution is 2.14. The van der Waals surface area contributed by atoms with E-state index in [0.29, 0.717) is 0 Å². The van der Waals surface area contributed by atoms with E-state index in [4.69, 9.17) is 0 Å². The second kappa shape index (κ2) is 6.83. The predicted octanol–water partition coefficient (Wildman–Crippen LogP) is 2.12. The van der Waals surface area contributed by atoms with Gasteiger partial charge in [0.2, 0.25) is 0 Å². The molecule has 0 amide bonds. The van der Waals surface area contributed by atoms with Gasteiger partial charge in [0.15, 0.2) is 5.78 Å². The maximum absolute atomic E-state index is 12.6. The van der Waals surface area contributed by atoms with Crippen LogP contribution in [0.3, 0.4) is 0 Å². The van der Waals surface area contributed by atoms with Gasteiger partial charge in [0.25, 0.3) is 0 Å². The van der Waals surface area contributed by atoms with Gasteiger partial charge < -0.3 is 5.32 Å². The van der Waals surface area contributed by atoms with E-state index in [1.165, 1.54) is 5.56 Å². The molecule has 1 aromatic carbocycles. The van der Waals surface area contributed by atoms with Gasteiger partial charge in [-0.1, -0.05) is 38.1 Å². The van der Waals surface area contributed by atoms with E-state index in [1.54, 1.807) is 0 Å². The second-order valence-electron chi connectivity index (χ2n) is 5.12. The van der Waals surface area contributed by atoms with Crippen LogP contribution in [0.1, 0.15) is 36.2 Å². The zero-order chi connectivity index (χ0) is 13.7. The highest BCUT2D eigenvalue weighted by atomic mass is 16.1. The molecule has 104 valence electrons. The first-order valence-corrected chi connectivity index (χ1v) is 7.34. The van der Waals surface area contributed by atoms with E-state index < -0.39 is 0 Å². The number of nitrogens with one attached hydrogen (secondary N) is 1. The van der Waals surface area contributed by atoms with Crippen LogP contribution in [0.25, 0.3) is 0 Å². The van der Waals surface area contributed by atoms with Crippen LogP contribution >= 0.6 is 0 Å².